The maximum atomic E-state index is 13.0. The number of hydrogen-bond acceptors (Lipinski definition) is 1. The topological polar surface area (TPSA) is 37.3 Å². The molecule has 1 aliphatic carbocycles. The Morgan fingerprint density at radius 3 is 2.76 bits per heavy atom. The molecule has 0 aliphatic heterocycles. The quantitative estimate of drug-likeness (QED) is 0.484. The Morgan fingerprint density at radius 2 is 2.00 bits per heavy atom. The van der Waals surface area contributed by atoms with Crippen LogP contribution in [0.2, 0.25) is 5.02 Å². The van der Waals surface area contributed by atoms with Crippen molar-refractivity contribution in [3.05, 3.63) is 58.9 Å². The predicted octanol–water partition coefficient (Wildman–Crippen LogP) is 6.22. The van der Waals surface area contributed by atoms with Crippen molar-refractivity contribution in [3.63, 3.8) is 0 Å². The lowest BCUT2D eigenvalue weighted by Gasteiger charge is -2.29. The van der Waals surface area contributed by atoms with Gasteiger partial charge < -0.3 is 14.8 Å². The van der Waals surface area contributed by atoms with Crippen LogP contribution < -0.4 is 5.32 Å². The molecule has 0 spiro atoms. The Morgan fingerprint density at radius 1 is 1.17 bits per heavy atom. The fraction of sp³-hybridized carbons (Fsp3) is 0.542. The summed E-state index contributed by atoms with van der Waals surface area (Å²) in [5.74, 6) is 0. The summed E-state index contributed by atoms with van der Waals surface area (Å²) in [6.45, 7) is 4.39. The first-order valence-electron chi connectivity index (χ1n) is 11.1. The number of hydrogen-bond donors (Lipinski definition) is 1. The lowest BCUT2D eigenvalue weighted by Crippen LogP contribution is -2.45. The van der Waals surface area contributed by atoms with Gasteiger partial charge >= 0.3 is 6.03 Å². The lowest BCUT2D eigenvalue weighted by atomic mass is 9.96. The molecule has 4 nitrogen and oxygen atoms in total. The molecule has 1 aromatic heterocycles. The Labute approximate surface area is 180 Å². The number of carbonyl (C=O) groups excluding carboxylic acids is 1. The highest BCUT2D eigenvalue weighted by molar-refractivity contribution is 6.30. The van der Waals surface area contributed by atoms with E-state index in [1.165, 1.54) is 24.8 Å². The normalized spacial score (nSPS) is 14.7. The second-order valence-corrected chi connectivity index (χ2v) is 8.61. The first-order valence-corrected chi connectivity index (χ1v) is 11.5. The van der Waals surface area contributed by atoms with Crippen LogP contribution in [0.15, 0.2) is 42.6 Å². The summed E-state index contributed by atoms with van der Waals surface area (Å²) in [4.78, 5) is 15.0. The Hall–Kier alpha value is -1.94. The number of halogens is 1. The highest BCUT2D eigenvalue weighted by Crippen LogP contribution is 2.19. The van der Waals surface area contributed by atoms with Crippen LogP contribution >= 0.6 is 11.6 Å². The summed E-state index contributed by atoms with van der Waals surface area (Å²) < 4.78 is 2.21. The van der Waals surface area contributed by atoms with E-state index < -0.39 is 0 Å². The number of carbonyl (C=O) groups is 1. The van der Waals surface area contributed by atoms with E-state index in [1.807, 2.05) is 23.1 Å². The summed E-state index contributed by atoms with van der Waals surface area (Å²) in [5.41, 5.74) is 2.32. The van der Waals surface area contributed by atoms with Gasteiger partial charge in [-0.05, 0) is 49.1 Å². The van der Waals surface area contributed by atoms with Crippen LogP contribution in [0.1, 0.15) is 69.5 Å². The number of aromatic nitrogens is 1. The largest absolute Gasteiger partial charge is 0.345 e. The molecule has 1 fully saturated rings. The molecule has 3 rings (SSSR count). The molecule has 1 aromatic carbocycles. The van der Waals surface area contributed by atoms with Crippen molar-refractivity contribution in [2.45, 2.75) is 77.4 Å². The molecular weight excluding hydrogens is 382 g/mol. The zero-order valence-electron chi connectivity index (χ0n) is 17.6. The zero-order valence-corrected chi connectivity index (χ0v) is 18.3. The molecule has 1 N–H and O–H groups in total. The Bertz CT molecular complexity index is 767. The van der Waals surface area contributed by atoms with Crippen LogP contribution in [0, 0.1) is 0 Å². The molecule has 5 heteroatoms. The minimum atomic E-state index is 0.0866. The van der Waals surface area contributed by atoms with Gasteiger partial charge in [0.2, 0.25) is 0 Å². The molecule has 1 saturated carbocycles. The van der Waals surface area contributed by atoms with E-state index in [9.17, 15) is 4.79 Å². The van der Waals surface area contributed by atoms with Crippen LogP contribution in [0.5, 0.6) is 0 Å². The SMILES string of the molecule is CCCCCN(Cc1cccn1Cc1cccc(Cl)c1)C(=O)NC1CCCCC1. The van der Waals surface area contributed by atoms with Gasteiger partial charge in [-0.2, -0.15) is 0 Å². The fourth-order valence-corrected chi connectivity index (χ4v) is 4.31. The minimum Gasteiger partial charge on any atom is -0.345 e. The average molecular weight is 416 g/mol. The molecule has 0 unspecified atom stereocenters. The van der Waals surface area contributed by atoms with E-state index in [-0.39, 0.29) is 6.03 Å². The molecule has 158 valence electrons. The van der Waals surface area contributed by atoms with Crippen molar-refractivity contribution in [2.75, 3.05) is 6.54 Å². The van der Waals surface area contributed by atoms with E-state index in [2.05, 4.69) is 41.2 Å². The van der Waals surface area contributed by atoms with Crippen LogP contribution in [0.25, 0.3) is 0 Å². The fourth-order valence-electron chi connectivity index (χ4n) is 4.09. The third-order valence-electron chi connectivity index (χ3n) is 5.77. The monoisotopic (exact) mass is 415 g/mol. The van der Waals surface area contributed by atoms with Gasteiger partial charge in [0.05, 0.1) is 6.54 Å². The first-order chi connectivity index (χ1) is 14.2. The van der Waals surface area contributed by atoms with Gasteiger partial charge in [0, 0.05) is 36.0 Å². The molecule has 0 atom stereocenters. The third kappa shape index (κ3) is 6.81. The summed E-state index contributed by atoms with van der Waals surface area (Å²) in [6.07, 6.45) is 11.4. The predicted molar refractivity (Wildman–Crippen MR) is 120 cm³/mol. The second-order valence-electron chi connectivity index (χ2n) is 8.17. The van der Waals surface area contributed by atoms with Gasteiger partial charge in [-0.1, -0.05) is 62.8 Å². The molecule has 0 saturated heterocycles. The first kappa shape index (κ1) is 21.8. The highest BCUT2D eigenvalue weighted by atomic mass is 35.5. The van der Waals surface area contributed by atoms with Crippen molar-refractivity contribution in [1.29, 1.82) is 0 Å². The van der Waals surface area contributed by atoms with E-state index in [1.54, 1.807) is 0 Å². The van der Waals surface area contributed by atoms with Crippen molar-refractivity contribution in [1.82, 2.24) is 14.8 Å². The number of nitrogens with zero attached hydrogens (tertiary/aromatic N) is 2. The minimum absolute atomic E-state index is 0.0866. The molecule has 1 heterocycles. The zero-order chi connectivity index (χ0) is 20.5. The van der Waals surface area contributed by atoms with Crippen molar-refractivity contribution >= 4 is 17.6 Å². The number of rotatable bonds is 9. The molecule has 2 aromatic rings. The maximum Gasteiger partial charge on any atom is 0.317 e. The van der Waals surface area contributed by atoms with E-state index in [0.717, 1.165) is 55.9 Å². The van der Waals surface area contributed by atoms with Crippen LogP contribution in [0.4, 0.5) is 4.79 Å². The lowest BCUT2D eigenvalue weighted by molar-refractivity contribution is 0.185. The Kier molecular flexibility index (Phi) is 8.48. The molecule has 0 bridgehead atoms. The Balaban J connectivity index is 1.66. The van der Waals surface area contributed by atoms with Crippen LogP contribution in [0.3, 0.4) is 0 Å². The summed E-state index contributed by atoms with van der Waals surface area (Å²) in [5, 5.41) is 4.05. The number of amides is 2. The maximum absolute atomic E-state index is 13.0. The number of nitrogens with one attached hydrogen (secondary N) is 1. The van der Waals surface area contributed by atoms with Crippen LogP contribution in [-0.4, -0.2) is 28.1 Å². The number of benzene rings is 1. The molecule has 0 radical (unpaired) electrons. The third-order valence-corrected chi connectivity index (χ3v) is 6.01. The summed E-state index contributed by atoms with van der Waals surface area (Å²) >= 11 is 6.14. The van der Waals surface area contributed by atoms with E-state index in [4.69, 9.17) is 11.6 Å². The molecule has 1 aliphatic rings. The van der Waals surface area contributed by atoms with Crippen molar-refractivity contribution < 1.29 is 4.79 Å². The van der Waals surface area contributed by atoms with Gasteiger partial charge in [0.15, 0.2) is 0 Å². The van der Waals surface area contributed by atoms with E-state index >= 15 is 0 Å². The van der Waals surface area contributed by atoms with Crippen LogP contribution in [-0.2, 0) is 13.1 Å². The molecule has 2 amide bonds. The highest BCUT2D eigenvalue weighted by Gasteiger charge is 2.20. The molecule has 29 heavy (non-hydrogen) atoms. The summed E-state index contributed by atoms with van der Waals surface area (Å²) in [6, 6.07) is 12.6. The van der Waals surface area contributed by atoms with Crippen molar-refractivity contribution in [3.8, 4) is 0 Å². The molecular formula is C24H34ClN3O. The van der Waals surface area contributed by atoms with Crippen molar-refractivity contribution in [2.24, 2.45) is 0 Å². The van der Waals surface area contributed by atoms with Gasteiger partial charge in [-0.25, -0.2) is 4.79 Å². The summed E-state index contributed by atoms with van der Waals surface area (Å²) in [7, 11) is 0. The van der Waals surface area contributed by atoms with Gasteiger partial charge in [-0.3, -0.25) is 0 Å². The average Bonchev–Trinajstić information content (AvgIpc) is 3.14. The van der Waals surface area contributed by atoms with Gasteiger partial charge in [0.1, 0.15) is 0 Å². The second kappa shape index (κ2) is 11.3. The number of urea groups is 1. The van der Waals surface area contributed by atoms with E-state index in [0.29, 0.717) is 12.6 Å². The van der Waals surface area contributed by atoms with Gasteiger partial charge in [-0.15, -0.1) is 0 Å². The number of unbranched alkanes of at least 4 members (excludes halogenated alkanes) is 2. The van der Waals surface area contributed by atoms with Gasteiger partial charge in [0.25, 0.3) is 0 Å². The smallest absolute Gasteiger partial charge is 0.317 e. The standard InChI is InChI=1S/C24H34ClN3O/c1-2-3-7-15-28(24(29)26-22-12-5-4-6-13-22)19-23-14-9-16-27(23)18-20-10-8-11-21(25)17-20/h8-11,14,16-17,22H,2-7,12-13,15,18-19H2,1H3,(H,26,29).